The number of hydrogen-bond acceptors (Lipinski definition) is 3. The summed E-state index contributed by atoms with van der Waals surface area (Å²) in [6.45, 7) is 5.90. The molecule has 2 N–H and O–H groups in total. The van der Waals surface area contributed by atoms with Crippen LogP contribution in [0.1, 0.15) is 39.5 Å². The van der Waals surface area contributed by atoms with Gasteiger partial charge in [-0.25, -0.2) is 4.72 Å². The first-order chi connectivity index (χ1) is 8.87. The second-order valence-electron chi connectivity index (χ2n) is 6.45. The van der Waals surface area contributed by atoms with Crippen molar-refractivity contribution in [3.63, 3.8) is 0 Å². The van der Waals surface area contributed by atoms with E-state index in [0.29, 0.717) is 31.5 Å². The van der Waals surface area contributed by atoms with Crippen LogP contribution in [0.15, 0.2) is 0 Å². The largest absolute Gasteiger partial charge is 0.393 e. The quantitative estimate of drug-likeness (QED) is 0.810. The minimum atomic E-state index is -3.35. The Morgan fingerprint density at radius 2 is 1.79 bits per heavy atom. The van der Waals surface area contributed by atoms with Crippen molar-refractivity contribution in [3.05, 3.63) is 0 Å². The van der Waals surface area contributed by atoms with Gasteiger partial charge in [0.25, 0.3) is 10.2 Å². The Morgan fingerprint density at radius 1 is 1.16 bits per heavy atom. The smallest absolute Gasteiger partial charge is 0.279 e. The summed E-state index contributed by atoms with van der Waals surface area (Å²) in [6.07, 6.45) is 3.28. The van der Waals surface area contributed by atoms with Crippen LogP contribution >= 0.6 is 0 Å². The zero-order valence-corrected chi connectivity index (χ0v) is 12.7. The van der Waals surface area contributed by atoms with Gasteiger partial charge in [-0.2, -0.15) is 12.7 Å². The number of rotatable bonds is 4. The van der Waals surface area contributed by atoms with Crippen LogP contribution in [0, 0.1) is 17.8 Å². The molecular formula is C13H26N2O3S. The molecule has 0 aromatic heterocycles. The molecule has 6 heteroatoms. The summed E-state index contributed by atoms with van der Waals surface area (Å²) in [5.74, 6) is 1.13. The molecule has 0 bridgehead atoms. The van der Waals surface area contributed by atoms with Crippen LogP contribution in [0.5, 0.6) is 0 Å². The van der Waals surface area contributed by atoms with E-state index in [2.05, 4.69) is 18.6 Å². The summed E-state index contributed by atoms with van der Waals surface area (Å²) in [4.78, 5) is 0. The van der Waals surface area contributed by atoms with Crippen LogP contribution in [0.3, 0.4) is 0 Å². The summed E-state index contributed by atoms with van der Waals surface area (Å²) in [5.41, 5.74) is 0. The predicted octanol–water partition coefficient (Wildman–Crippen LogP) is 0.960. The molecule has 1 saturated carbocycles. The van der Waals surface area contributed by atoms with Crippen molar-refractivity contribution in [2.24, 2.45) is 17.8 Å². The third kappa shape index (κ3) is 4.15. The lowest BCUT2D eigenvalue weighted by atomic mass is 9.94. The highest BCUT2D eigenvalue weighted by atomic mass is 32.2. The molecule has 112 valence electrons. The molecule has 1 saturated heterocycles. The third-order valence-electron chi connectivity index (χ3n) is 4.24. The molecule has 1 aliphatic heterocycles. The van der Waals surface area contributed by atoms with Crippen LogP contribution in [0.4, 0.5) is 0 Å². The van der Waals surface area contributed by atoms with E-state index in [1.165, 1.54) is 0 Å². The van der Waals surface area contributed by atoms with Gasteiger partial charge in [0.05, 0.1) is 6.10 Å². The molecule has 0 radical (unpaired) electrons. The van der Waals surface area contributed by atoms with Crippen LogP contribution in [-0.4, -0.2) is 43.6 Å². The van der Waals surface area contributed by atoms with E-state index in [0.717, 1.165) is 25.7 Å². The highest BCUT2D eigenvalue weighted by molar-refractivity contribution is 7.87. The molecule has 1 heterocycles. The summed E-state index contributed by atoms with van der Waals surface area (Å²) in [7, 11) is -3.35. The Bertz CT molecular complexity index is 389. The second-order valence-corrected chi connectivity index (χ2v) is 8.20. The van der Waals surface area contributed by atoms with E-state index in [9.17, 15) is 13.5 Å². The number of hydrogen-bond donors (Lipinski definition) is 2. The molecule has 0 amide bonds. The molecule has 0 aromatic rings. The number of nitrogens with one attached hydrogen (secondary N) is 1. The van der Waals surface area contributed by atoms with E-state index >= 15 is 0 Å². The fourth-order valence-electron chi connectivity index (χ4n) is 3.35. The molecule has 2 rings (SSSR count). The summed E-state index contributed by atoms with van der Waals surface area (Å²) in [6, 6.07) is 0. The van der Waals surface area contributed by atoms with Gasteiger partial charge in [-0.3, -0.25) is 0 Å². The monoisotopic (exact) mass is 290 g/mol. The van der Waals surface area contributed by atoms with Gasteiger partial charge >= 0.3 is 0 Å². The van der Waals surface area contributed by atoms with E-state index in [4.69, 9.17) is 0 Å². The van der Waals surface area contributed by atoms with Crippen molar-refractivity contribution in [1.82, 2.24) is 9.03 Å². The van der Waals surface area contributed by atoms with Crippen LogP contribution in [0.2, 0.25) is 0 Å². The van der Waals surface area contributed by atoms with Gasteiger partial charge in [0.2, 0.25) is 0 Å². The van der Waals surface area contributed by atoms with E-state index in [1.54, 1.807) is 4.31 Å². The highest BCUT2D eigenvalue weighted by Crippen LogP contribution is 2.26. The Labute approximate surface area is 116 Å². The minimum Gasteiger partial charge on any atom is -0.393 e. The zero-order chi connectivity index (χ0) is 14.0. The van der Waals surface area contributed by atoms with Crippen molar-refractivity contribution in [1.29, 1.82) is 0 Å². The first-order valence-corrected chi connectivity index (χ1v) is 8.73. The van der Waals surface area contributed by atoms with Crippen LogP contribution < -0.4 is 4.72 Å². The Hall–Kier alpha value is -0.170. The van der Waals surface area contributed by atoms with Crippen LogP contribution in [-0.2, 0) is 10.2 Å². The Morgan fingerprint density at radius 3 is 2.32 bits per heavy atom. The number of piperidine rings is 1. The standard InChI is InChI=1S/C13H26N2O3S/c1-10-5-11(2)9-15(8-10)19(17,18)14-7-12-3-4-13(16)6-12/h10-14,16H,3-9H2,1-2H3. The highest BCUT2D eigenvalue weighted by Gasteiger charge is 2.31. The van der Waals surface area contributed by atoms with Gasteiger partial charge in [0.15, 0.2) is 0 Å². The number of nitrogens with zero attached hydrogens (tertiary/aromatic N) is 1. The predicted molar refractivity (Wildman–Crippen MR) is 74.8 cm³/mol. The Balaban J connectivity index is 1.87. The average molecular weight is 290 g/mol. The van der Waals surface area contributed by atoms with Crippen molar-refractivity contribution in [2.75, 3.05) is 19.6 Å². The van der Waals surface area contributed by atoms with Crippen molar-refractivity contribution >= 4 is 10.2 Å². The molecule has 4 unspecified atom stereocenters. The van der Waals surface area contributed by atoms with Gasteiger partial charge in [0.1, 0.15) is 0 Å². The molecule has 0 aromatic carbocycles. The molecule has 2 fully saturated rings. The maximum Gasteiger partial charge on any atom is 0.279 e. The average Bonchev–Trinajstić information content (AvgIpc) is 2.71. The minimum absolute atomic E-state index is 0.246. The molecular weight excluding hydrogens is 264 g/mol. The van der Waals surface area contributed by atoms with Crippen molar-refractivity contribution < 1.29 is 13.5 Å². The normalized spacial score (nSPS) is 37.6. The summed E-state index contributed by atoms with van der Waals surface area (Å²) in [5, 5.41) is 9.46. The fourth-order valence-corrected chi connectivity index (χ4v) is 4.88. The number of aliphatic hydroxyl groups is 1. The third-order valence-corrected chi connectivity index (χ3v) is 5.75. The number of aliphatic hydroxyl groups excluding tert-OH is 1. The van der Waals surface area contributed by atoms with Gasteiger partial charge in [-0.15, -0.1) is 0 Å². The first kappa shape index (κ1) is 15.2. The first-order valence-electron chi connectivity index (χ1n) is 7.29. The molecule has 19 heavy (non-hydrogen) atoms. The van der Waals surface area contributed by atoms with Crippen LogP contribution in [0.25, 0.3) is 0 Å². The Kier molecular flexibility index (Phi) is 4.87. The lowest BCUT2D eigenvalue weighted by molar-refractivity contribution is 0.177. The maximum atomic E-state index is 12.3. The summed E-state index contributed by atoms with van der Waals surface area (Å²) < 4.78 is 28.8. The van der Waals surface area contributed by atoms with Crippen molar-refractivity contribution in [2.45, 2.75) is 45.6 Å². The van der Waals surface area contributed by atoms with E-state index in [1.807, 2.05) is 0 Å². The van der Waals surface area contributed by atoms with Gasteiger partial charge in [-0.1, -0.05) is 13.8 Å². The zero-order valence-electron chi connectivity index (χ0n) is 11.9. The molecule has 0 spiro atoms. The SMILES string of the molecule is CC1CC(C)CN(S(=O)(=O)NCC2CCC(O)C2)C1. The van der Waals surface area contributed by atoms with Gasteiger partial charge in [0, 0.05) is 19.6 Å². The molecule has 2 aliphatic rings. The molecule has 4 atom stereocenters. The fraction of sp³-hybridized carbons (Fsp3) is 1.00. The second kappa shape index (κ2) is 6.08. The molecule has 5 nitrogen and oxygen atoms in total. The molecule has 1 aliphatic carbocycles. The van der Waals surface area contributed by atoms with Crippen molar-refractivity contribution in [3.8, 4) is 0 Å². The topological polar surface area (TPSA) is 69.6 Å². The van der Waals surface area contributed by atoms with Gasteiger partial charge in [-0.05, 0) is 43.4 Å². The maximum absolute atomic E-state index is 12.3. The van der Waals surface area contributed by atoms with E-state index < -0.39 is 10.2 Å². The van der Waals surface area contributed by atoms with E-state index in [-0.39, 0.29) is 12.0 Å². The summed E-state index contributed by atoms with van der Waals surface area (Å²) >= 11 is 0. The van der Waals surface area contributed by atoms with Gasteiger partial charge < -0.3 is 5.11 Å². The lowest BCUT2D eigenvalue weighted by Gasteiger charge is -2.34. The lowest BCUT2D eigenvalue weighted by Crippen LogP contribution is -2.48.